The second-order valence-corrected chi connectivity index (χ2v) is 3.13. The lowest BCUT2D eigenvalue weighted by molar-refractivity contribution is -0.125. The van der Waals surface area contributed by atoms with Gasteiger partial charge in [0.2, 0.25) is 0 Å². The third-order valence-corrected chi connectivity index (χ3v) is 1.93. The van der Waals surface area contributed by atoms with Crippen molar-refractivity contribution in [2.75, 3.05) is 6.61 Å². The van der Waals surface area contributed by atoms with E-state index < -0.39 is 0 Å². The molecule has 0 unspecified atom stereocenters. The quantitative estimate of drug-likeness (QED) is 0.712. The number of nitrogens with zero attached hydrogens (tertiary/aromatic N) is 1. The predicted octanol–water partition coefficient (Wildman–Crippen LogP) is 0.803. The number of hydrogen-bond donors (Lipinski definition) is 1. The van der Waals surface area contributed by atoms with E-state index in [0.717, 1.165) is 11.1 Å². The van der Waals surface area contributed by atoms with E-state index in [9.17, 15) is 4.79 Å². The van der Waals surface area contributed by atoms with Gasteiger partial charge in [0.15, 0.2) is 12.4 Å². The van der Waals surface area contributed by atoms with Gasteiger partial charge in [-0.1, -0.05) is 35.0 Å². The van der Waals surface area contributed by atoms with Crippen LogP contribution in [0.3, 0.4) is 0 Å². The minimum absolute atomic E-state index is 0.00460. The maximum atomic E-state index is 11.0. The molecule has 0 aliphatic carbocycles. The van der Waals surface area contributed by atoms with Gasteiger partial charge in [0, 0.05) is 5.56 Å². The Morgan fingerprint density at radius 3 is 2.71 bits per heavy atom. The van der Waals surface area contributed by atoms with Crippen LogP contribution in [0, 0.1) is 6.92 Å². The van der Waals surface area contributed by atoms with Crippen molar-refractivity contribution < 1.29 is 9.63 Å². The number of amides is 1. The zero-order chi connectivity index (χ0) is 9.97. The van der Waals surface area contributed by atoms with Crippen LogP contribution >= 0.6 is 0 Å². The molecule has 0 bridgehead atoms. The molecule has 0 spiro atoms. The summed E-state index contributed by atoms with van der Waals surface area (Å²) in [5.74, 6) is 0.303. The summed E-state index contributed by atoms with van der Waals surface area (Å²) >= 11 is 0. The van der Waals surface area contributed by atoms with Crippen molar-refractivity contribution in [2.24, 2.45) is 5.16 Å². The highest BCUT2D eigenvalue weighted by Gasteiger charge is 2.14. The van der Waals surface area contributed by atoms with E-state index in [1.54, 1.807) is 0 Å². The molecule has 0 saturated heterocycles. The Labute approximate surface area is 81.6 Å². The lowest BCUT2D eigenvalue weighted by atomic mass is 10.1. The minimum atomic E-state index is -0.171. The summed E-state index contributed by atoms with van der Waals surface area (Å²) < 4.78 is 0. The molecule has 14 heavy (non-hydrogen) atoms. The molecule has 0 fully saturated rings. The first-order chi connectivity index (χ1) is 6.75. The van der Waals surface area contributed by atoms with Gasteiger partial charge in [0.05, 0.1) is 0 Å². The lowest BCUT2D eigenvalue weighted by Gasteiger charge is -2.12. The number of rotatable bonds is 1. The van der Waals surface area contributed by atoms with Crippen LogP contribution in [0.15, 0.2) is 29.4 Å². The number of hydrogen-bond acceptors (Lipinski definition) is 3. The smallest absolute Gasteiger partial charge is 0.266 e. The average molecular weight is 190 g/mol. The van der Waals surface area contributed by atoms with Gasteiger partial charge < -0.3 is 10.2 Å². The Kier molecular flexibility index (Phi) is 2.18. The normalized spacial score (nSPS) is 15.5. The van der Waals surface area contributed by atoms with Crippen molar-refractivity contribution in [1.29, 1.82) is 0 Å². The van der Waals surface area contributed by atoms with Crippen LogP contribution in [0.1, 0.15) is 11.1 Å². The second kappa shape index (κ2) is 3.49. The molecule has 72 valence electrons. The molecule has 1 heterocycles. The number of carbonyl (C=O) groups excluding carboxylic acids is 1. The highest BCUT2D eigenvalue weighted by atomic mass is 16.6. The summed E-state index contributed by atoms with van der Waals surface area (Å²) in [6.07, 6.45) is 0. The molecule has 1 amide bonds. The Hall–Kier alpha value is -1.84. The first-order valence-electron chi connectivity index (χ1n) is 4.32. The summed E-state index contributed by atoms with van der Waals surface area (Å²) in [7, 11) is 0. The van der Waals surface area contributed by atoms with E-state index in [1.807, 2.05) is 31.2 Å². The van der Waals surface area contributed by atoms with Crippen LogP contribution in [0.25, 0.3) is 0 Å². The third-order valence-electron chi connectivity index (χ3n) is 1.93. The van der Waals surface area contributed by atoms with Gasteiger partial charge in [0.1, 0.15) is 0 Å². The topological polar surface area (TPSA) is 50.7 Å². The molecule has 0 saturated carbocycles. The second-order valence-electron chi connectivity index (χ2n) is 3.13. The fourth-order valence-electron chi connectivity index (χ4n) is 1.18. The van der Waals surface area contributed by atoms with Crippen LogP contribution in [0.4, 0.5) is 0 Å². The van der Waals surface area contributed by atoms with E-state index in [-0.39, 0.29) is 12.5 Å². The zero-order valence-electron chi connectivity index (χ0n) is 7.78. The maximum Gasteiger partial charge on any atom is 0.266 e. The number of benzene rings is 1. The molecule has 0 aromatic heterocycles. The third kappa shape index (κ3) is 1.74. The predicted molar refractivity (Wildman–Crippen MR) is 51.8 cm³/mol. The van der Waals surface area contributed by atoms with E-state index in [4.69, 9.17) is 4.84 Å². The first-order valence-corrected chi connectivity index (χ1v) is 4.32. The van der Waals surface area contributed by atoms with E-state index >= 15 is 0 Å². The van der Waals surface area contributed by atoms with Crippen LogP contribution in [0.2, 0.25) is 0 Å². The molecule has 1 aromatic rings. The molecular weight excluding hydrogens is 180 g/mol. The zero-order valence-corrected chi connectivity index (χ0v) is 7.78. The molecule has 2 rings (SSSR count). The fraction of sp³-hybridized carbons (Fsp3) is 0.200. The van der Waals surface area contributed by atoms with Gasteiger partial charge in [0.25, 0.3) is 5.91 Å². The molecule has 4 nitrogen and oxygen atoms in total. The Bertz CT molecular complexity index is 382. The van der Waals surface area contributed by atoms with Gasteiger partial charge in [-0.25, -0.2) is 0 Å². The molecule has 1 aromatic carbocycles. The highest BCUT2D eigenvalue weighted by Crippen LogP contribution is 2.05. The van der Waals surface area contributed by atoms with Gasteiger partial charge >= 0.3 is 0 Å². The van der Waals surface area contributed by atoms with Crippen molar-refractivity contribution in [3.63, 3.8) is 0 Å². The molecule has 1 aliphatic heterocycles. The number of nitrogens with one attached hydrogen (secondary N) is 1. The summed E-state index contributed by atoms with van der Waals surface area (Å²) in [6.45, 7) is 2.00. The summed E-state index contributed by atoms with van der Waals surface area (Å²) in [6, 6.07) is 7.70. The number of oxime groups is 1. The van der Waals surface area contributed by atoms with Crippen molar-refractivity contribution in [3.8, 4) is 0 Å². The molecule has 0 atom stereocenters. The highest BCUT2D eigenvalue weighted by molar-refractivity contribution is 6.08. The fourth-order valence-corrected chi connectivity index (χ4v) is 1.18. The molecule has 1 aliphatic rings. The Morgan fingerprint density at radius 2 is 2.07 bits per heavy atom. The molecule has 4 heteroatoms. The van der Waals surface area contributed by atoms with Crippen LogP contribution in [0.5, 0.6) is 0 Å². The molecule has 1 N–H and O–H groups in total. The average Bonchev–Trinajstić information content (AvgIpc) is 2.19. The van der Waals surface area contributed by atoms with E-state index in [2.05, 4.69) is 10.5 Å². The van der Waals surface area contributed by atoms with Crippen molar-refractivity contribution in [3.05, 3.63) is 35.4 Å². The number of aryl methyl sites for hydroxylation is 1. The van der Waals surface area contributed by atoms with Crippen molar-refractivity contribution in [2.45, 2.75) is 6.92 Å². The molecule has 0 radical (unpaired) electrons. The van der Waals surface area contributed by atoms with E-state index in [1.165, 1.54) is 0 Å². The largest absolute Gasteiger partial charge is 0.384 e. The lowest BCUT2D eigenvalue weighted by Crippen LogP contribution is -2.37. The monoisotopic (exact) mass is 190 g/mol. The first kappa shape index (κ1) is 8.74. The molecular formula is C10H10N2O2. The van der Waals surface area contributed by atoms with Crippen molar-refractivity contribution in [1.82, 2.24) is 5.32 Å². The summed E-state index contributed by atoms with van der Waals surface area (Å²) in [5, 5.41) is 6.40. The van der Waals surface area contributed by atoms with E-state index in [0.29, 0.717) is 5.84 Å². The summed E-state index contributed by atoms with van der Waals surface area (Å²) in [4.78, 5) is 15.8. The Balaban J connectivity index is 2.26. The summed E-state index contributed by atoms with van der Waals surface area (Å²) in [5.41, 5.74) is 2.01. The standard InChI is InChI=1S/C10H10N2O2/c1-7-2-4-8(5-3-7)10-11-9(13)6-14-12-10/h2-5H,6H2,1H3,(H,11,12,13). The minimum Gasteiger partial charge on any atom is -0.384 e. The van der Waals surface area contributed by atoms with Gasteiger partial charge in [-0.3, -0.25) is 4.79 Å². The van der Waals surface area contributed by atoms with Crippen LogP contribution in [-0.2, 0) is 9.63 Å². The van der Waals surface area contributed by atoms with Crippen molar-refractivity contribution >= 4 is 11.7 Å². The number of carbonyl (C=O) groups is 1. The Morgan fingerprint density at radius 1 is 1.36 bits per heavy atom. The van der Waals surface area contributed by atoms with Gasteiger partial charge in [-0.15, -0.1) is 0 Å². The maximum absolute atomic E-state index is 11.0. The SMILES string of the molecule is Cc1ccc(C2=NOCC(=O)N2)cc1. The number of amidine groups is 1. The van der Waals surface area contributed by atoms with Crippen LogP contribution < -0.4 is 5.32 Å². The van der Waals surface area contributed by atoms with Gasteiger partial charge in [-0.2, -0.15) is 0 Å². The van der Waals surface area contributed by atoms with Crippen LogP contribution in [-0.4, -0.2) is 18.3 Å². The van der Waals surface area contributed by atoms with Gasteiger partial charge in [-0.05, 0) is 6.92 Å².